The summed E-state index contributed by atoms with van der Waals surface area (Å²) in [5.41, 5.74) is 0.968. The second-order valence-electron chi connectivity index (χ2n) is 3.34. The van der Waals surface area contributed by atoms with Crippen LogP contribution in [0.15, 0.2) is 18.2 Å². The minimum absolute atomic E-state index is 0.337. The Morgan fingerprint density at radius 1 is 1.22 bits per heavy atom. The van der Waals surface area contributed by atoms with Gasteiger partial charge in [-0.1, -0.05) is 22.0 Å². The number of methoxy groups -OCH3 is 1. The van der Waals surface area contributed by atoms with E-state index in [1.54, 1.807) is 18.2 Å². The number of halogens is 4. The molecule has 0 aromatic heterocycles. The molecular formula is C11H12BrF3O3. The highest BCUT2D eigenvalue weighted by atomic mass is 79.9. The maximum absolute atomic E-state index is 11.8. The number of benzene rings is 1. The first-order chi connectivity index (χ1) is 8.46. The van der Waals surface area contributed by atoms with Crippen molar-refractivity contribution >= 4 is 15.9 Å². The van der Waals surface area contributed by atoms with Crippen LogP contribution in [0.25, 0.3) is 0 Å². The Morgan fingerprint density at radius 3 is 2.50 bits per heavy atom. The van der Waals surface area contributed by atoms with Crippen molar-refractivity contribution in [2.24, 2.45) is 0 Å². The maximum Gasteiger partial charge on any atom is 0.411 e. The van der Waals surface area contributed by atoms with Gasteiger partial charge in [-0.2, -0.15) is 13.2 Å². The van der Waals surface area contributed by atoms with Crippen LogP contribution < -0.4 is 9.47 Å². The van der Waals surface area contributed by atoms with E-state index in [1.807, 2.05) is 0 Å². The van der Waals surface area contributed by atoms with Crippen molar-refractivity contribution < 1.29 is 27.4 Å². The first kappa shape index (κ1) is 15.1. The number of rotatable bonds is 6. The summed E-state index contributed by atoms with van der Waals surface area (Å²) in [5.74, 6) is 0.784. The zero-order chi connectivity index (χ0) is 13.6. The Bertz CT molecular complexity index is 382. The van der Waals surface area contributed by atoms with Gasteiger partial charge < -0.3 is 14.2 Å². The molecule has 3 nitrogen and oxygen atoms in total. The normalized spacial score (nSPS) is 11.4. The van der Waals surface area contributed by atoms with Crippen LogP contribution in [-0.2, 0) is 10.1 Å². The maximum atomic E-state index is 11.8. The summed E-state index contributed by atoms with van der Waals surface area (Å²) < 4.78 is 49.9. The fourth-order valence-corrected chi connectivity index (χ4v) is 1.53. The molecule has 102 valence electrons. The molecule has 0 amide bonds. The van der Waals surface area contributed by atoms with E-state index in [1.165, 1.54) is 7.11 Å². The van der Waals surface area contributed by atoms with E-state index in [0.29, 0.717) is 16.8 Å². The van der Waals surface area contributed by atoms with Gasteiger partial charge in [0.15, 0.2) is 18.3 Å². The molecule has 0 aliphatic carbocycles. The average Bonchev–Trinajstić information content (AvgIpc) is 2.33. The average molecular weight is 329 g/mol. The van der Waals surface area contributed by atoms with E-state index in [2.05, 4.69) is 20.7 Å². The van der Waals surface area contributed by atoms with Gasteiger partial charge >= 0.3 is 6.18 Å². The second kappa shape index (κ2) is 6.84. The van der Waals surface area contributed by atoms with Crippen molar-refractivity contribution in [2.75, 3.05) is 20.5 Å². The number of alkyl halides is 4. The fourth-order valence-electron chi connectivity index (χ4n) is 1.18. The lowest BCUT2D eigenvalue weighted by atomic mass is 10.2. The molecule has 7 heteroatoms. The van der Waals surface area contributed by atoms with E-state index in [9.17, 15) is 13.2 Å². The third-order valence-electron chi connectivity index (χ3n) is 1.95. The van der Waals surface area contributed by atoms with Crippen LogP contribution >= 0.6 is 15.9 Å². The lowest BCUT2D eigenvalue weighted by Gasteiger charge is -2.12. The molecule has 1 rings (SSSR count). The van der Waals surface area contributed by atoms with Crippen molar-refractivity contribution in [3.05, 3.63) is 23.8 Å². The van der Waals surface area contributed by atoms with Gasteiger partial charge in [0.05, 0.1) is 7.11 Å². The summed E-state index contributed by atoms with van der Waals surface area (Å²) in [6.45, 7) is -1.82. The lowest BCUT2D eigenvalue weighted by Crippen LogP contribution is -2.19. The monoisotopic (exact) mass is 328 g/mol. The summed E-state index contributed by atoms with van der Waals surface area (Å²) in [6, 6.07) is 5.12. The molecule has 0 aliphatic heterocycles. The molecule has 0 saturated heterocycles. The number of hydrogen-bond acceptors (Lipinski definition) is 3. The first-order valence-electron chi connectivity index (χ1n) is 4.96. The van der Waals surface area contributed by atoms with Crippen LogP contribution in [0, 0.1) is 0 Å². The minimum atomic E-state index is -4.35. The number of ether oxygens (including phenoxy) is 3. The molecule has 0 saturated carbocycles. The Labute approximate surface area is 111 Å². The van der Waals surface area contributed by atoms with Crippen LogP contribution in [0.5, 0.6) is 11.5 Å². The van der Waals surface area contributed by atoms with Crippen molar-refractivity contribution in [1.29, 1.82) is 0 Å². The molecule has 0 bridgehead atoms. The Balaban J connectivity index is 2.51. The van der Waals surface area contributed by atoms with Gasteiger partial charge in [-0.3, -0.25) is 0 Å². The van der Waals surface area contributed by atoms with Crippen LogP contribution in [0.2, 0.25) is 0 Å². The van der Waals surface area contributed by atoms with Crippen molar-refractivity contribution in [2.45, 2.75) is 11.5 Å². The first-order valence-corrected chi connectivity index (χ1v) is 6.08. The molecule has 1 aromatic rings. The van der Waals surface area contributed by atoms with Crippen LogP contribution in [0.1, 0.15) is 5.56 Å². The lowest BCUT2D eigenvalue weighted by molar-refractivity contribution is -0.186. The fraction of sp³-hybridized carbons (Fsp3) is 0.455. The summed E-state index contributed by atoms with van der Waals surface area (Å²) >= 11 is 3.29. The Kier molecular flexibility index (Phi) is 5.74. The molecule has 1 aromatic carbocycles. The smallest absolute Gasteiger partial charge is 0.411 e. The van der Waals surface area contributed by atoms with E-state index in [-0.39, 0.29) is 0 Å². The molecule has 0 aliphatic rings. The Morgan fingerprint density at radius 2 is 1.94 bits per heavy atom. The largest absolute Gasteiger partial charge is 0.493 e. The molecule has 18 heavy (non-hydrogen) atoms. The van der Waals surface area contributed by atoms with Crippen molar-refractivity contribution in [3.8, 4) is 11.5 Å². The molecule has 0 heterocycles. The standard InChI is InChI=1S/C11H12BrF3O3/c1-16-10-4-8(5-12)2-3-9(10)18-7-17-6-11(13,14)15/h2-4H,5-7H2,1H3. The molecule has 0 radical (unpaired) electrons. The van der Waals surface area contributed by atoms with Crippen LogP contribution in [-0.4, -0.2) is 26.7 Å². The van der Waals surface area contributed by atoms with Crippen LogP contribution in [0.3, 0.4) is 0 Å². The topological polar surface area (TPSA) is 27.7 Å². The SMILES string of the molecule is COc1cc(CBr)ccc1OCOCC(F)(F)F. The summed E-state index contributed by atoms with van der Waals surface area (Å²) in [4.78, 5) is 0. The highest BCUT2D eigenvalue weighted by Gasteiger charge is 2.27. The molecular weight excluding hydrogens is 317 g/mol. The van der Waals surface area contributed by atoms with Gasteiger partial charge in [0.1, 0.15) is 6.61 Å². The van der Waals surface area contributed by atoms with E-state index in [0.717, 1.165) is 5.56 Å². The van der Waals surface area contributed by atoms with Gasteiger partial charge in [0, 0.05) is 5.33 Å². The van der Waals surface area contributed by atoms with E-state index in [4.69, 9.17) is 9.47 Å². The zero-order valence-electron chi connectivity index (χ0n) is 9.59. The molecule has 0 fully saturated rings. The third kappa shape index (κ3) is 5.14. The van der Waals surface area contributed by atoms with Crippen molar-refractivity contribution in [3.63, 3.8) is 0 Å². The molecule has 0 unspecified atom stereocenters. The third-order valence-corrected chi connectivity index (χ3v) is 2.59. The van der Waals surface area contributed by atoms with Gasteiger partial charge in [-0.05, 0) is 17.7 Å². The highest BCUT2D eigenvalue weighted by molar-refractivity contribution is 9.08. The van der Waals surface area contributed by atoms with E-state index < -0.39 is 19.6 Å². The van der Waals surface area contributed by atoms with Crippen LogP contribution in [0.4, 0.5) is 13.2 Å². The summed E-state index contributed by atoms with van der Waals surface area (Å²) in [5, 5.41) is 0.647. The van der Waals surface area contributed by atoms with Crippen molar-refractivity contribution in [1.82, 2.24) is 0 Å². The predicted molar refractivity (Wildman–Crippen MR) is 63.1 cm³/mol. The number of hydrogen-bond donors (Lipinski definition) is 0. The molecule has 0 atom stereocenters. The summed E-state index contributed by atoms with van der Waals surface area (Å²) in [7, 11) is 1.46. The predicted octanol–water partition coefficient (Wildman–Crippen LogP) is 3.51. The molecule has 0 N–H and O–H groups in total. The highest BCUT2D eigenvalue weighted by Crippen LogP contribution is 2.28. The second-order valence-corrected chi connectivity index (χ2v) is 3.91. The minimum Gasteiger partial charge on any atom is -0.493 e. The summed E-state index contributed by atoms with van der Waals surface area (Å²) in [6.07, 6.45) is -4.35. The van der Waals surface area contributed by atoms with Gasteiger partial charge in [0.25, 0.3) is 0 Å². The van der Waals surface area contributed by atoms with Gasteiger partial charge in [-0.15, -0.1) is 0 Å². The van der Waals surface area contributed by atoms with E-state index >= 15 is 0 Å². The quantitative estimate of drug-likeness (QED) is 0.454. The Hall–Kier alpha value is -0.950. The molecule has 0 spiro atoms. The zero-order valence-corrected chi connectivity index (χ0v) is 11.2. The van der Waals surface area contributed by atoms with Gasteiger partial charge in [0.2, 0.25) is 0 Å². The van der Waals surface area contributed by atoms with Gasteiger partial charge in [-0.25, -0.2) is 0 Å².